The highest BCUT2D eigenvalue weighted by molar-refractivity contribution is 6.00. The van der Waals surface area contributed by atoms with Crippen LogP contribution in [0.3, 0.4) is 0 Å². The Labute approximate surface area is 80.6 Å². The lowest BCUT2D eigenvalue weighted by molar-refractivity contribution is 0.210. The molecule has 0 bridgehead atoms. The van der Waals surface area contributed by atoms with Crippen LogP contribution in [-0.4, -0.2) is 16.2 Å². The monoisotopic (exact) mass is 190 g/mol. The number of carbonyl (C=O) groups is 1. The van der Waals surface area contributed by atoms with Crippen molar-refractivity contribution in [2.75, 3.05) is 5.32 Å². The summed E-state index contributed by atoms with van der Waals surface area (Å²) in [6.45, 7) is 1.84. The first-order chi connectivity index (χ1) is 6.68. The van der Waals surface area contributed by atoms with Gasteiger partial charge in [0.15, 0.2) is 0 Å². The molecule has 1 amide bonds. The maximum atomic E-state index is 10.5. The van der Waals surface area contributed by atoms with E-state index in [-0.39, 0.29) is 0 Å². The molecule has 2 aromatic rings. The summed E-state index contributed by atoms with van der Waals surface area (Å²) in [6.07, 6.45) is -1.04. The molecular weight excluding hydrogens is 180 g/mol. The number of hydrogen-bond donors (Lipinski definition) is 3. The van der Waals surface area contributed by atoms with Crippen LogP contribution in [-0.2, 0) is 0 Å². The number of nitrogens with one attached hydrogen (secondary N) is 2. The fraction of sp³-hybridized carbons (Fsp3) is 0.100. The lowest BCUT2D eigenvalue weighted by Crippen LogP contribution is -2.07. The number of aromatic amines is 1. The van der Waals surface area contributed by atoms with Crippen molar-refractivity contribution < 1.29 is 9.90 Å². The number of para-hydroxylation sites is 1. The number of H-pyrrole nitrogens is 1. The minimum atomic E-state index is -1.04. The Bertz CT molecular complexity index is 488. The number of fused-ring (bicyclic) bond motifs is 1. The molecular formula is C10H10N2O2. The molecule has 0 fully saturated rings. The molecule has 0 unspecified atom stereocenters. The van der Waals surface area contributed by atoms with E-state index in [1.165, 1.54) is 0 Å². The van der Waals surface area contributed by atoms with Gasteiger partial charge < -0.3 is 10.1 Å². The Balaban J connectivity index is 2.62. The Hall–Kier alpha value is -1.97. The predicted molar refractivity (Wildman–Crippen MR) is 54.7 cm³/mol. The van der Waals surface area contributed by atoms with Crippen molar-refractivity contribution in [3.63, 3.8) is 0 Å². The van der Waals surface area contributed by atoms with Crippen LogP contribution in [0, 0.1) is 6.92 Å². The molecule has 0 aliphatic heterocycles. The van der Waals surface area contributed by atoms with Crippen molar-refractivity contribution in [1.29, 1.82) is 0 Å². The van der Waals surface area contributed by atoms with E-state index in [9.17, 15) is 4.79 Å². The summed E-state index contributed by atoms with van der Waals surface area (Å²) >= 11 is 0. The van der Waals surface area contributed by atoms with E-state index in [1.807, 2.05) is 31.2 Å². The van der Waals surface area contributed by atoms with Crippen molar-refractivity contribution in [2.24, 2.45) is 0 Å². The van der Waals surface area contributed by atoms with Gasteiger partial charge in [0.2, 0.25) is 0 Å². The van der Waals surface area contributed by atoms with Gasteiger partial charge in [-0.3, -0.25) is 5.32 Å². The molecule has 0 saturated carbocycles. The number of amides is 1. The van der Waals surface area contributed by atoms with Gasteiger partial charge in [-0.1, -0.05) is 18.2 Å². The molecule has 0 spiro atoms. The van der Waals surface area contributed by atoms with Crippen molar-refractivity contribution in [3.8, 4) is 0 Å². The zero-order valence-corrected chi connectivity index (χ0v) is 7.66. The van der Waals surface area contributed by atoms with E-state index in [2.05, 4.69) is 10.3 Å². The summed E-state index contributed by atoms with van der Waals surface area (Å²) in [5, 5.41) is 11.9. The van der Waals surface area contributed by atoms with Crippen LogP contribution in [0.15, 0.2) is 24.3 Å². The van der Waals surface area contributed by atoms with Crippen molar-refractivity contribution in [2.45, 2.75) is 6.92 Å². The molecule has 14 heavy (non-hydrogen) atoms. The normalized spacial score (nSPS) is 10.4. The zero-order valence-electron chi connectivity index (χ0n) is 7.66. The minimum absolute atomic E-state index is 0.633. The number of aromatic nitrogens is 1. The van der Waals surface area contributed by atoms with Crippen molar-refractivity contribution in [3.05, 3.63) is 30.0 Å². The van der Waals surface area contributed by atoms with Gasteiger partial charge in [-0.15, -0.1) is 0 Å². The van der Waals surface area contributed by atoms with Gasteiger partial charge in [0.25, 0.3) is 0 Å². The quantitative estimate of drug-likeness (QED) is 0.647. The lowest BCUT2D eigenvalue weighted by atomic mass is 10.2. The first kappa shape index (κ1) is 8.62. The van der Waals surface area contributed by atoms with E-state index in [0.717, 1.165) is 16.6 Å². The summed E-state index contributed by atoms with van der Waals surface area (Å²) in [6, 6.07) is 7.57. The van der Waals surface area contributed by atoms with Crippen LogP contribution in [0.4, 0.5) is 10.5 Å². The molecule has 0 aliphatic carbocycles. The second kappa shape index (κ2) is 3.06. The fourth-order valence-corrected chi connectivity index (χ4v) is 1.54. The summed E-state index contributed by atoms with van der Waals surface area (Å²) in [7, 11) is 0. The van der Waals surface area contributed by atoms with E-state index in [4.69, 9.17) is 5.11 Å². The number of benzene rings is 1. The first-order valence-electron chi connectivity index (χ1n) is 4.26. The average molecular weight is 190 g/mol. The van der Waals surface area contributed by atoms with Crippen molar-refractivity contribution >= 4 is 22.7 Å². The Kier molecular flexibility index (Phi) is 1.89. The third kappa shape index (κ3) is 1.31. The topological polar surface area (TPSA) is 65.1 Å². The number of carboxylic acid groups (broad SMARTS) is 1. The smallest absolute Gasteiger partial charge is 0.409 e. The highest BCUT2D eigenvalue weighted by Crippen LogP contribution is 2.26. The van der Waals surface area contributed by atoms with Crippen LogP contribution in [0.25, 0.3) is 10.9 Å². The fourth-order valence-electron chi connectivity index (χ4n) is 1.54. The van der Waals surface area contributed by atoms with Gasteiger partial charge in [-0.25, -0.2) is 4.79 Å². The number of hydrogen-bond acceptors (Lipinski definition) is 1. The summed E-state index contributed by atoms with van der Waals surface area (Å²) < 4.78 is 0. The standard InChI is InChI=1S/C10H10N2O2/c1-6-9(12-10(13)14)7-4-2-3-5-8(7)11-6/h2-5,11-12H,1H3,(H,13,14). The molecule has 0 aliphatic rings. The highest BCUT2D eigenvalue weighted by Gasteiger charge is 2.09. The van der Waals surface area contributed by atoms with E-state index < -0.39 is 6.09 Å². The lowest BCUT2D eigenvalue weighted by Gasteiger charge is -1.99. The van der Waals surface area contributed by atoms with Gasteiger partial charge >= 0.3 is 6.09 Å². The summed E-state index contributed by atoms with van der Waals surface area (Å²) in [5.41, 5.74) is 2.40. The molecule has 3 N–H and O–H groups in total. The van der Waals surface area contributed by atoms with Crippen LogP contribution in [0.2, 0.25) is 0 Å². The molecule has 4 nitrogen and oxygen atoms in total. The maximum Gasteiger partial charge on any atom is 0.409 e. The van der Waals surface area contributed by atoms with Crippen LogP contribution in [0.5, 0.6) is 0 Å². The summed E-state index contributed by atoms with van der Waals surface area (Å²) in [5.74, 6) is 0. The van der Waals surface area contributed by atoms with Crippen molar-refractivity contribution in [1.82, 2.24) is 4.98 Å². The van der Waals surface area contributed by atoms with Gasteiger partial charge in [-0.05, 0) is 13.0 Å². The molecule has 1 heterocycles. The molecule has 2 rings (SSSR count). The first-order valence-corrected chi connectivity index (χ1v) is 4.26. The number of anilines is 1. The number of aryl methyl sites for hydroxylation is 1. The third-order valence-corrected chi connectivity index (χ3v) is 2.13. The molecule has 72 valence electrons. The second-order valence-electron chi connectivity index (χ2n) is 3.10. The number of rotatable bonds is 1. The van der Waals surface area contributed by atoms with Crippen LogP contribution >= 0.6 is 0 Å². The molecule has 1 aromatic carbocycles. The van der Waals surface area contributed by atoms with Gasteiger partial charge in [0, 0.05) is 16.6 Å². The SMILES string of the molecule is Cc1[nH]c2ccccc2c1NC(=O)O. The van der Waals surface area contributed by atoms with Gasteiger partial charge in [0.1, 0.15) is 0 Å². The third-order valence-electron chi connectivity index (χ3n) is 2.13. The second-order valence-corrected chi connectivity index (χ2v) is 3.10. The molecule has 0 saturated heterocycles. The van der Waals surface area contributed by atoms with E-state index in [1.54, 1.807) is 0 Å². The van der Waals surface area contributed by atoms with Gasteiger partial charge in [-0.2, -0.15) is 0 Å². The van der Waals surface area contributed by atoms with E-state index >= 15 is 0 Å². The average Bonchev–Trinajstić information content (AvgIpc) is 2.43. The van der Waals surface area contributed by atoms with Gasteiger partial charge in [0.05, 0.1) is 5.69 Å². The largest absolute Gasteiger partial charge is 0.465 e. The Morgan fingerprint density at radius 1 is 1.43 bits per heavy atom. The molecule has 4 heteroatoms. The van der Waals surface area contributed by atoms with Crippen LogP contribution in [0.1, 0.15) is 5.69 Å². The molecule has 0 atom stereocenters. The molecule has 0 radical (unpaired) electrons. The van der Waals surface area contributed by atoms with E-state index in [0.29, 0.717) is 5.69 Å². The zero-order chi connectivity index (χ0) is 10.1. The van der Waals surface area contributed by atoms with Crippen LogP contribution < -0.4 is 5.32 Å². The minimum Gasteiger partial charge on any atom is -0.465 e. The Morgan fingerprint density at radius 2 is 2.14 bits per heavy atom. The predicted octanol–water partition coefficient (Wildman–Crippen LogP) is 2.57. The maximum absolute atomic E-state index is 10.5. The summed E-state index contributed by atoms with van der Waals surface area (Å²) in [4.78, 5) is 13.6. The highest BCUT2D eigenvalue weighted by atomic mass is 16.4. The Morgan fingerprint density at radius 3 is 2.86 bits per heavy atom. The molecule has 1 aromatic heterocycles.